The normalized spacial score (nSPS) is 15.6. The first-order valence-corrected chi connectivity index (χ1v) is 7.33. The zero-order valence-electron chi connectivity index (χ0n) is 12.8. The van der Waals surface area contributed by atoms with Crippen LogP contribution in [0.5, 0.6) is 0 Å². The molecule has 2 rings (SSSR count). The lowest BCUT2D eigenvalue weighted by Crippen LogP contribution is -2.35. The van der Waals surface area contributed by atoms with Gasteiger partial charge in [0, 0.05) is 31.5 Å². The van der Waals surface area contributed by atoms with E-state index in [-0.39, 0.29) is 11.8 Å². The van der Waals surface area contributed by atoms with Gasteiger partial charge in [0.15, 0.2) is 0 Å². The summed E-state index contributed by atoms with van der Waals surface area (Å²) in [6, 6.07) is 5.69. The summed E-state index contributed by atoms with van der Waals surface area (Å²) in [5, 5.41) is 2.83. The van der Waals surface area contributed by atoms with E-state index in [0.717, 1.165) is 36.3 Å². The van der Waals surface area contributed by atoms with Crippen molar-refractivity contribution in [3.05, 3.63) is 23.8 Å². The maximum atomic E-state index is 12.0. The summed E-state index contributed by atoms with van der Waals surface area (Å²) in [7, 11) is 1.51. The number of amides is 2. The highest BCUT2D eigenvalue weighted by molar-refractivity contribution is 5.98. The van der Waals surface area contributed by atoms with Crippen LogP contribution in [0, 0.1) is 0 Å². The number of fused-ring (bicyclic) bond motifs is 1. The number of methoxy groups -OCH3 is 1. The van der Waals surface area contributed by atoms with E-state index < -0.39 is 6.10 Å². The highest BCUT2D eigenvalue weighted by Gasteiger charge is 2.23. The molecule has 1 aliphatic rings. The van der Waals surface area contributed by atoms with Crippen LogP contribution in [0.3, 0.4) is 0 Å². The van der Waals surface area contributed by atoms with Gasteiger partial charge in [0.25, 0.3) is 5.91 Å². The molecule has 1 aromatic rings. The van der Waals surface area contributed by atoms with Crippen LogP contribution in [0.15, 0.2) is 18.2 Å². The van der Waals surface area contributed by atoms with Crippen molar-refractivity contribution in [1.29, 1.82) is 0 Å². The minimum atomic E-state index is -0.487. The van der Waals surface area contributed by atoms with E-state index in [2.05, 4.69) is 12.2 Å². The summed E-state index contributed by atoms with van der Waals surface area (Å²) >= 11 is 0. The Morgan fingerprint density at radius 2 is 2.19 bits per heavy atom. The zero-order valence-corrected chi connectivity index (χ0v) is 12.8. The number of nitrogens with one attached hydrogen (secondary N) is 1. The molecule has 0 unspecified atom stereocenters. The molecule has 1 heterocycles. The van der Waals surface area contributed by atoms with Gasteiger partial charge in [0.1, 0.15) is 6.10 Å². The van der Waals surface area contributed by atoms with Gasteiger partial charge < -0.3 is 15.0 Å². The number of ether oxygens (including phenoxy) is 1. The highest BCUT2D eigenvalue weighted by Crippen LogP contribution is 2.30. The Morgan fingerprint density at radius 1 is 1.43 bits per heavy atom. The fourth-order valence-corrected chi connectivity index (χ4v) is 2.46. The predicted octanol–water partition coefficient (Wildman–Crippen LogP) is 2.35. The summed E-state index contributed by atoms with van der Waals surface area (Å²) in [5.41, 5.74) is 2.81. The van der Waals surface area contributed by atoms with Gasteiger partial charge in [0.2, 0.25) is 5.91 Å². The standard InChI is InChI=1S/C16H22N2O3/c1-4-9-18-14-7-6-13(17-16(20)11(2)21-3)10-12(14)5-8-15(18)19/h6-7,10-11H,4-5,8-9H2,1-3H3,(H,17,20)/t11-/m0/s1. The summed E-state index contributed by atoms with van der Waals surface area (Å²) in [4.78, 5) is 25.6. The van der Waals surface area contributed by atoms with Gasteiger partial charge in [0.05, 0.1) is 0 Å². The topological polar surface area (TPSA) is 58.6 Å². The first kappa shape index (κ1) is 15.5. The van der Waals surface area contributed by atoms with E-state index in [1.165, 1.54) is 7.11 Å². The molecule has 1 N–H and O–H groups in total. The first-order valence-electron chi connectivity index (χ1n) is 7.33. The van der Waals surface area contributed by atoms with Crippen LogP contribution in [0.1, 0.15) is 32.3 Å². The average Bonchev–Trinajstić information content (AvgIpc) is 2.49. The molecule has 0 spiro atoms. The molecule has 2 amide bonds. The summed E-state index contributed by atoms with van der Waals surface area (Å²) in [5.74, 6) is 0.00360. The number of rotatable bonds is 5. The molecule has 1 aliphatic heterocycles. The molecule has 0 fully saturated rings. The maximum absolute atomic E-state index is 12.0. The molecule has 21 heavy (non-hydrogen) atoms. The van der Waals surface area contributed by atoms with Gasteiger partial charge in [-0.1, -0.05) is 6.92 Å². The third-order valence-electron chi connectivity index (χ3n) is 3.72. The lowest BCUT2D eigenvalue weighted by Gasteiger charge is -2.29. The molecule has 0 bridgehead atoms. The number of hydrogen-bond acceptors (Lipinski definition) is 3. The molecule has 1 atom stereocenters. The number of carbonyl (C=O) groups excluding carboxylic acids is 2. The van der Waals surface area contributed by atoms with E-state index >= 15 is 0 Å². The second-order valence-electron chi connectivity index (χ2n) is 5.26. The van der Waals surface area contributed by atoms with E-state index in [4.69, 9.17) is 4.74 Å². The fourth-order valence-electron chi connectivity index (χ4n) is 2.46. The minimum absolute atomic E-state index is 0.172. The Labute approximate surface area is 125 Å². The molecule has 0 saturated heterocycles. The van der Waals surface area contributed by atoms with Crippen LogP contribution >= 0.6 is 0 Å². The largest absolute Gasteiger partial charge is 0.372 e. The van der Waals surface area contributed by atoms with Crippen LogP contribution in [-0.4, -0.2) is 31.6 Å². The van der Waals surface area contributed by atoms with Crippen molar-refractivity contribution in [3.63, 3.8) is 0 Å². The van der Waals surface area contributed by atoms with Crippen LogP contribution < -0.4 is 10.2 Å². The molecule has 0 radical (unpaired) electrons. The summed E-state index contributed by atoms with van der Waals surface area (Å²) < 4.78 is 4.99. The van der Waals surface area contributed by atoms with Crippen molar-refractivity contribution in [2.75, 3.05) is 23.9 Å². The highest BCUT2D eigenvalue weighted by atomic mass is 16.5. The molecule has 114 valence electrons. The Kier molecular flexibility index (Phi) is 4.96. The lowest BCUT2D eigenvalue weighted by molar-refractivity contribution is -0.124. The van der Waals surface area contributed by atoms with Gasteiger partial charge in [-0.25, -0.2) is 0 Å². The Morgan fingerprint density at radius 3 is 2.86 bits per heavy atom. The SMILES string of the molecule is CCCN1C(=O)CCc2cc(NC(=O)[C@H](C)OC)ccc21. The van der Waals surface area contributed by atoms with Crippen LogP contribution in [0.2, 0.25) is 0 Å². The molecule has 0 aliphatic carbocycles. The van der Waals surface area contributed by atoms with Crippen molar-refractivity contribution < 1.29 is 14.3 Å². The lowest BCUT2D eigenvalue weighted by atomic mass is 10.00. The fraction of sp³-hybridized carbons (Fsp3) is 0.500. The summed E-state index contributed by atoms with van der Waals surface area (Å²) in [6.07, 6.45) is 1.69. The Balaban J connectivity index is 2.19. The van der Waals surface area contributed by atoms with Gasteiger partial charge in [-0.2, -0.15) is 0 Å². The summed E-state index contributed by atoms with van der Waals surface area (Å²) in [6.45, 7) is 4.50. The smallest absolute Gasteiger partial charge is 0.253 e. The number of nitrogens with zero attached hydrogens (tertiary/aromatic N) is 1. The maximum Gasteiger partial charge on any atom is 0.253 e. The molecule has 5 nitrogen and oxygen atoms in total. The minimum Gasteiger partial charge on any atom is -0.372 e. The number of benzene rings is 1. The van der Waals surface area contributed by atoms with Crippen molar-refractivity contribution in [2.45, 2.75) is 39.2 Å². The molecule has 1 aromatic carbocycles. The van der Waals surface area contributed by atoms with E-state index in [0.29, 0.717) is 6.42 Å². The van der Waals surface area contributed by atoms with Crippen molar-refractivity contribution in [1.82, 2.24) is 0 Å². The van der Waals surface area contributed by atoms with Crippen molar-refractivity contribution in [2.24, 2.45) is 0 Å². The molecular formula is C16H22N2O3. The van der Waals surface area contributed by atoms with Crippen LogP contribution in [-0.2, 0) is 20.7 Å². The quantitative estimate of drug-likeness (QED) is 0.905. The monoisotopic (exact) mass is 290 g/mol. The molecule has 0 aromatic heterocycles. The Bertz CT molecular complexity index is 542. The zero-order chi connectivity index (χ0) is 15.4. The van der Waals surface area contributed by atoms with Crippen LogP contribution in [0.4, 0.5) is 11.4 Å². The average molecular weight is 290 g/mol. The van der Waals surface area contributed by atoms with Gasteiger partial charge in [-0.15, -0.1) is 0 Å². The number of anilines is 2. The second-order valence-corrected chi connectivity index (χ2v) is 5.26. The predicted molar refractivity (Wildman–Crippen MR) is 82.5 cm³/mol. The van der Waals surface area contributed by atoms with Crippen molar-refractivity contribution in [3.8, 4) is 0 Å². The van der Waals surface area contributed by atoms with E-state index in [1.54, 1.807) is 6.92 Å². The number of carbonyl (C=O) groups is 2. The molecule has 5 heteroatoms. The van der Waals surface area contributed by atoms with Gasteiger partial charge in [-0.3, -0.25) is 9.59 Å². The molecular weight excluding hydrogens is 268 g/mol. The Hall–Kier alpha value is -1.88. The molecule has 0 saturated carbocycles. The van der Waals surface area contributed by atoms with Crippen molar-refractivity contribution >= 4 is 23.2 Å². The third-order valence-corrected chi connectivity index (χ3v) is 3.72. The van der Waals surface area contributed by atoms with Gasteiger partial charge >= 0.3 is 0 Å². The van der Waals surface area contributed by atoms with Gasteiger partial charge in [-0.05, 0) is 43.5 Å². The first-order chi connectivity index (χ1) is 10.1. The van der Waals surface area contributed by atoms with E-state index in [9.17, 15) is 9.59 Å². The number of hydrogen-bond donors (Lipinski definition) is 1. The third kappa shape index (κ3) is 3.42. The number of aryl methyl sites for hydroxylation is 1. The second kappa shape index (κ2) is 6.72. The van der Waals surface area contributed by atoms with Crippen LogP contribution in [0.25, 0.3) is 0 Å². The van der Waals surface area contributed by atoms with E-state index in [1.807, 2.05) is 23.1 Å².